The predicted molar refractivity (Wildman–Crippen MR) is 75.9 cm³/mol. The van der Waals surface area contributed by atoms with Gasteiger partial charge in [0, 0.05) is 11.5 Å². The van der Waals surface area contributed by atoms with Gasteiger partial charge in [0.05, 0.1) is 0 Å². The van der Waals surface area contributed by atoms with E-state index >= 15 is 0 Å². The average Bonchev–Trinajstić information content (AvgIpc) is 2.30. The molecule has 0 aliphatic heterocycles. The van der Waals surface area contributed by atoms with Crippen molar-refractivity contribution in [3.8, 4) is 0 Å². The zero-order valence-corrected chi connectivity index (χ0v) is 12.0. The zero-order chi connectivity index (χ0) is 13.3. The molecule has 1 aromatic rings. The number of rotatable bonds is 2. The summed E-state index contributed by atoms with van der Waals surface area (Å²) in [6.07, 6.45) is 3.41. The lowest BCUT2D eigenvalue weighted by Crippen LogP contribution is -2.26. The highest BCUT2D eigenvalue weighted by molar-refractivity contribution is 5.98. The van der Waals surface area contributed by atoms with Crippen molar-refractivity contribution in [3.63, 3.8) is 0 Å². The van der Waals surface area contributed by atoms with Gasteiger partial charge in [-0.05, 0) is 62.1 Å². The highest BCUT2D eigenvalue weighted by Gasteiger charge is 2.29. The maximum atomic E-state index is 12.6. The van der Waals surface area contributed by atoms with Crippen LogP contribution in [0.15, 0.2) is 18.2 Å². The van der Waals surface area contributed by atoms with Crippen LogP contribution in [0.3, 0.4) is 0 Å². The molecule has 2 unspecified atom stereocenters. The fourth-order valence-corrected chi connectivity index (χ4v) is 3.29. The zero-order valence-electron chi connectivity index (χ0n) is 12.0. The molecule has 98 valence electrons. The van der Waals surface area contributed by atoms with Crippen LogP contribution in [0.2, 0.25) is 0 Å². The van der Waals surface area contributed by atoms with Gasteiger partial charge < -0.3 is 0 Å². The van der Waals surface area contributed by atoms with Crippen molar-refractivity contribution < 1.29 is 4.79 Å². The Labute approximate surface area is 111 Å². The van der Waals surface area contributed by atoms with E-state index < -0.39 is 0 Å². The minimum Gasteiger partial charge on any atom is -0.294 e. The van der Waals surface area contributed by atoms with E-state index in [1.807, 2.05) is 6.07 Å². The molecule has 1 aliphatic rings. The van der Waals surface area contributed by atoms with Crippen LogP contribution >= 0.6 is 0 Å². The number of aryl methyl sites for hydroxylation is 2. The van der Waals surface area contributed by atoms with E-state index in [0.29, 0.717) is 17.6 Å². The number of hydrogen-bond acceptors (Lipinski definition) is 1. The molecule has 0 N–H and O–H groups in total. The summed E-state index contributed by atoms with van der Waals surface area (Å²) >= 11 is 0. The number of hydrogen-bond donors (Lipinski definition) is 0. The van der Waals surface area contributed by atoms with E-state index in [2.05, 4.69) is 39.8 Å². The van der Waals surface area contributed by atoms with Crippen molar-refractivity contribution >= 4 is 5.78 Å². The second-order valence-corrected chi connectivity index (χ2v) is 6.28. The third kappa shape index (κ3) is 2.82. The van der Waals surface area contributed by atoms with E-state index in [4.69, 9.17) is 0 Å². The largest absolute Gasteiger partial charge is 0.294 e. The molecule has 0 amide bonds. The Kier molecular flexibility index (Phi) is 3.89. The summed E-state index contributed by atoms with van der Waals surface area (Å²) in [7, 11) is 0. The van der Waals surface area contributed by atoms with Crippen molar-refractivity contribution in [1.82, 2.24) is 0 Å². The molecule has 1 saturated carbocycles. The smallest absolute Gasteiger partial charge is 0.165 e. The summed E-state index contributed by atoms with van der Waals surface area (Å²) in [6.45, 7) is 8.72. The first-order chi connectivity index (χ1) is 8.47. The molecule has 1 aliphatic carbocycles. The number of Topliss-reactive ketones (excluding diaryl/α,β-unsaturated/α-hetero) is 1. The molecule has 1 fully saturated rings. The molecular weight excluding hydrogens is 220 g/mol. The maximum Gasteiger partial charge on any atom is 0.165 e. The molecule has 2 atom stereocenters. The van der Waals surface area contributed by atoms with E-state index in [-0.39, 0.29) is 5.92 Å². The van der Waals surface area contributed by atoms with Gasteiger partial charge in [0.25, 0.3) is 0 Å². The van der Waals surface area contributed by atoms with Crippen LogP contribution in [0.5, 0.6) is 0 Å². The second-order valence-electron chi connectivity index (χ2n) is 6.28. The van der Waals surface area contributed by atoms with E-state index in [0.717, 1.165) is 18.4 Å². The van der Waals surface area contributed by atoms with Crippen LogP contribution in [0.25, 0.3) is 0 Å². The number of benzene rings is 1. The molecule has 1 nitrogen and oxygen atoms in total. The highest BCUT2D eigenvalue weighted by Crippen LogP contribution is 2.34. The lowest BCUT2D eigenvalue weighted by Gasteiger charge is -2.30. The van der Waals surface area contributed by atoms with E-state index in [1.165, 1.54) is 17.5 Å². The quantitative estimate of drug-likeness (QED) is 0.697. The van der Waals surface area contributed by atoms with Crippen molar-refractivity contribution in [2.24, 2.45) is 17.8 Å². The molecule has 2 rings (SSSR count). The molecule has 0 saturated heterocycles. The Morgan fingerprint density at radius 3 is 2.17 bits per heavy atom. The van der Waals surface area contributed by atoms with E-state index in [9.17, 15) is 4.79 Å². The third-order valence-corrected chi connectivity index (χ3v) is 4.34. The normalized spacial score (nSPS) is 28.1. The minimum absolute atomic E-state index is 0.242. The monoisotopic (exact) mass is 244 g/mol. The summed E-state index contributed by atoms with van der Waals surface area (Å²) < 4.78 is 0. The number of carbonyl (C=O) groups is 1. The molecule has 1 heteroatoms. The Morgan fingerprint density at radius 1 is 1.00 bits per heavy atom. The standard InChI is InChI=1S/C17H24O/c1-11-7-12(2)9-16(8-11)17(18)15-6-5-13(3)14(4)10-15/h5-6,10-12,16H,7-9H2,1-4H3. The van der Waals surface area contributed by atoms with Crippen molar-refractivity contribution in [2.75, 3.05) is 0 Å². The first-order valence-electron chi connectivity index (χ1n) is 7.09. The topological polar surface area (TPSA) is 17.1 Å². The maximum absolute atomic E-state index is 12.6. The first kappa shape index (κ1) is 13.3. The van der Waals surface area contributed by atoms with Gasteiger partial charge in [-0.2, -0.15) is 0 Å². The van der Waals surface area contributed by atoms with Gasteiger partial charge in [-0.15, -0.1) is 0 Å². The molecule has 1 aromatic carbocycles. The number of ketones is 1. The first-order valence-corrected chi connectivity index (χ1v) is 7.09. The van der Waals surface area contributed by atoms with Gasteiger partial charge in [0.1, 0.15) is 0 Å². The van der Waals surface area contributed by atoms with Crippen LogP contribution < -0.4 is 0 Å². The lowest BCUT2D eigenvalue weighted by molar-refractivity contribution is 0.0836. The molecule has 18 heavy (non-hydrogen) atoms. The summed E-state index contributed by atoms with van der Waals surface area (Å²) in [5, 5.41) is 0. The molecule has 0 radical (unpaired) electrons. The van der Waals surface area contributed by atoms with Gasteiger partial charge in [-0.25, -0.2) is 0 Å². The van der Waals surface area contributed by atoms with E-state index in [1.54, 1.807) is 0 Å². The fraction of sp³-hybridized carbons (Fsp3) is 0.588. The van der Waals surface area contributed by atoms with Crippen LogP contribution in [0.1, 0.15) is 54.6 Å². The molecular formula is C17H24O. The van der Waals surface area contributed by atoms with Crippen molar-refractivity contribution in [2.45, 2.75) is 47.0 Å². The molecule has 0 spiro atoms. The van der Waals surface area contributed by atoms with Crippen LogP contribution in [-0.2, 0) is 0 Å². The Hall–Kier alpha value is -1.11. The van der Waals surface area contributed by atoms with Crippen molar-refractivity contribution in [3.05, 3.63) is 34.9 Å². The summed E-state index contributed by atoms with van der Waals surface area (Å²) in [6, 6.07) is 6.12. The molecule has 0 heterocycles. The number of carbonyl (C=O) groups excluding carboxylic acids is 1. The molecule has 0 aromatic heterocycles. The molecule has 0 bridgehead atoms. The van der Waals surface area contributed by atoms with Crippen LogP contribution in [-0.4, -0.2) is 5.78 Å². The summed E-state index contributed by atoms with van der Waals surface area (Å²) in [4.78, 5) is 12.6. The Balaban J connectivity index is 2.17. The van der Waals surface area contributed by atoms with Crippen molar-refractivity contribution in [1.29, 1.82) is 0 Å². The minimum atomic E-state index is 0.242. The lowest BCUT2D eigenvalue weighted by atomic mass is 9.74. The Morgan fingerprint density at radius 2 is 1.61 bits per heavy atom. The predicted octanol–water partition coefficient (Wildman–Crippen LogP) is 4.56. The van der Waals surface area contributed by atoms with Crippen LogP contribution in [0, 0.1) is 31.6 Å². The van der Waals surface area contributed by atoms with Gasteiger partial charge in [0.15, 0.2) is 5.78 Å². The van der Waals surface area contributed by atoms with Gasteiger partial charge in [-0.3, -0.25) is 4.79 Å². The average molecular weight is 244 g/mol. The fourth-order valence-electron chi connectivity index (χ4n) is 3.29. The Bertz CT molecular complexity index is 437. The van der Waals surface area contributed by atoms with Crippen LogP contribution in [0.4, 0.5) is 0 Å². The summed E-state index contributed by atoms with van der Waals surface area (Å²) in [5.41, 5.74) is 3.39. The third-order valence-electron chi connectivity index (χ3n) is 4.34. The van der Waals surface area contributed by atoms with Gasteiger partial charge in [0.2, 0.25) is 0 Å². The highest BCUT2D eigenvalue weighted by atomic mass is 16.1. The van der Waals surface area contributed by atoms with Gasteiger partial charge in [-0.1, -0.05) is 26.0 Å². The SMILES string of the molecule is Cc1ccc(C(=O)C2CC(C)CC(C)C2)cc1C. The summed E-state index contributed by atoms with van der Waals surface area (Å²) in [5.74, 6) is 1.98. The second kappa shape index (κ2) is 5.26. The van der Waals surface area contributed by atoms with Gasteiger partial charge >= 0.3 is 0 Å².